The van der Waals surface area contributed by atoms with Crippen LogP contribution >= 0.6 is 11.8 Å². The summed E-state index contributed by atoms with van der Waals surface area (Å²) in [6.45, 7) is 2.29. The molecule has 0 aliphatic carbocycles. The maximum Gasteiger partial charge on any atom is 0.259 e. The van der Waals surface area contributed by atoms with E-state index >= 15 is 0 Å². The molecule has 222 valence electrons. The summed E-state index contributed by atoms with van der Waals surface area (Å²) in [7, 11) is 3.17. The molecule has 43 heavy (non-hydrogen) atoms. The van der Waals surface area contributed by atoms with Gasteiger partial charge in [-0.2, -0.15) is 0 Å². The first-order valence-electron chi connectivity index (χ1n) is 14.0. The summed E-state index contributed by atoms with van der Waals surface area (Å²) in [6, 6.07) is 21.3. The van der Waals surface area contributed by atoms with Gasteiger partial charge in [-0.15, -0.1) is 0 Å². The summed E-state index contributed by atoms with van der Waals surface area (Å²) < 4.78 is 10.4. The largest absolute Gasteiger partial charge is 0.497 e. The van der Waals surface area contributed by atoms with E-state index in [-0.39, 0.29) is 30.6 Å². The van der Waals surface area contributed by atoms with Gasteiger partial charge in [0.1, 0.15) is 23.4 Å². The molecule has 3 aromatic carbocycles. The minimum atomic E-state index is -0.732. The van der Waals surface area contributed by atoms with E-state index in [1.165, 1.54) is 16.7 Å². The zero-order valence-electron chi connectivity index (χ0n) is 24.2. The number of hydrogen-bond donors (Lipinski definition) is 2. The second kappa shape index (κ2) is 13.6. The Kier molecular flexibility index (Phi) is 9.41. The van der Waals surface area contributed by atoms with Crippen molar-refractivity contribution in [1.82, 2.24) is 10.2 Å². The van der Waals surface area contributed by atoms with Gasteiger partial charge in [0.05, 0.1) is 25.2 Å². The second-order valence-electron chi connectivity index (χ2n) is 9.95. The first-order chi connectivity index (χ1) is 20.9. The van der Waals surface area contributed by atoms with Crippen molar-refractivity contribution in [1.29, 1.82) is 0 Å². The molecular formula is C32H33N5O5S. The summed E-state index contributed by atoms with van der Waals surface area (Å²) in [5.74, 6) is 1.23. The molecule has 2 aliphatic heterocycles. The van der Waals surface area contributed by atoms with E-state index in [9.17, 15) is 14.4 Å². The molecule has 10 nitrogen and oxygen atoms in total. The van der Waals surface area contributed by atoms with E-state index < -0.39 is 11.3 Å². The molecule has 3 amide bonds. The lowest BCUT2D eigenvalue weighted by Gasteiger charge is -2.27. The minimum Gasteiger partial charge on any atom is -0.497 e. The Labute approximate surface area is 254 Å². The summed E-state index contributed by atoms with van der Waals surface area (Å²) in [5, 5.41) is 5.71. The Hall–Kier alpha value is -4.64. The number of para-hydroxylation sites is 1. The number of fused-ring (bicyclic) bond motifs is 3. The summed E-state index contributed by atoms with van der Waals surface area (Å²) in [5.41, 5.74) is 2.97. The fraction of sp³-hybridized carbons (Fsp3) is 0.281. The smallest absolute Gasteiger partial charge is 0.259 e. The number of amides is 3. The van der Waals surface area contributed by atoms with Crippen LogP contribution in [0.25, 0.3) is 0 Å². The number of ether oxygens (including phenoxy) is 2. The third-order valence-corrected chi connectivity index (χ3v) is 8.41. The highest BCUT2D eigenvalue weighted by Gasteiger charge is 2.42. The number of carbonyl (C=O) groups excluding carboxylic acids is 3. The second-order valence-corrected chi connectivity index (χ2v) is 11.1. The molecule has 0 spiro atoms. The third-order valence-electron chi connectivity index (χ3n) is 7.09. The highest BCUT2D eigenvalue weighted by molar-refractivity contribution is 8.15. The average molecular weight is 600 g/mol. The van der Waals surface area contributed by atoms with Crippen LogP contribution in [0.3, 0.4) is 0 Å². The maximum atomic E-state index is 13.7. The first kappa shape index (κ1) is 29.8. The minimum absolute atomic E-state index is 0.138. The number of rotatable bonds is 11. The maximum absolute atomic E-state index is 13.7. The van der Waals surface area contributed by atoms with Gasteiger partial charge in [0.25, 0.3) is 5.91 Å². The normalized spacial score (nSPS) is 15.9. The lowest BCUT2D eigenvalue weighted by Crippen LogP contribution is -2.42. The zero-order chi connectivity index (χ0) is 30.3. The SMILES string of the molecule is CC[C@@H](SC1=Nc2ccccc2C2=N[C@@H](CCC(=O)NCc3ccc(OC)cc3)C(=O)N12)C(=O)Nc1cccc(OC)c1. The van der Waals surface area contributed by atoms with Crippen LogP contribution in [0.5, 0.6) is 11.5 Å². The van der Waals surface area contributed by atoms with Crippen molar-refractivity contribution in [2.45, 2.75) is 44.0 Å². The number of nitrogens with one attached hydrogen (secondary N) is 2. The Morgan fingerprint density at radius 1 is 1.00 bits per heavy atom. The van der Waals surface area contributed by atoms with Gasteiger partial charge in [-0.1, -0.05) is 49.0 Å². The van der Waals surface area contributed by atoms with E-state index in [4.69, 9.17) is 19.5 Å². The van der Waals surface area contributed by atoms with Gasteiger partial charge in [-0.25, -0.2) is 9.89 Å². The van der Waals surface area contributed by atoms with Crippen LogP contribution in [0.4, 0.5) is 11.4 Å². The molecular weight excluding hydrogens is 566 g/mol. The lowest BCUT2D eigenvalue weighted by molar-refractivity contribution is -0.125. The number of amidine groups is 2. The van der Waals surface area contributed by atoms with Crippen LogP contribution in [0.1, 0.15) is 37.3 Å². The Balaban J connectivity index is 1.27. The summed E-state index contributed by atoms with van der Waals surface area (Å²) in [6.07, 6.45) is 0.896. The molecule has 11 heteroatoms. The average Bonchev–Trinajstić information content (AvgIpc) is 3.38. The van der Waals surface area contributed by atoms with Crippen molar-refractivity contribution >= 4 is 51.9 Å². The fourth-order valence-corrected chi connectivity index (χ4v) is 5.76. The van der Waals surface area contributed by atoms with Gasteiger partial charge in [-0.3, -0.25) is 19.4 Å². The van der Waals surface area contributed by atoms with E-state index in [1.54, 1.807) is 38.5 Å². The molecule has 0 radical (unpaired) electrons. The van der Waals surface area contributed by atoms with Crippen LogP contribution in [-0.2, 0) is 20.9 Å². The number of benzene rings is 3. The first-order valence-corrected chi connectivity index (χ1v) is 14.9. The van der Waals surface area contributed by atoms with Gasteiger partial charge in [0, 0.05) is 30.3 Å². The van der Waals surface area contributed by atoms with Gasteiger partial charge in [-0.05, 0) is 54.8 Å². The van der Waals surface area contributed by atoms with Crippen molar-refractivity contribution in [3.63, 3.8) is 0 Å². The molecule has 0 saturated carbocycles. The Morgan fingerprint density at radius 3 is 2.51 bits per heavy atom. The van der Waals surface area contributed by atoms with Crippen molar-refractivity contribution in [2.24, 2.45) is 9.98 Å². The highest BCUT2D eigenvalue weighted by Crippen LogP contribution is 2.36. The van der Waals surface area contributed by atoms with Crippen LogP contribution in [0, 0.1) is 0 Å². The van der Waals surface area contributed by atoms with Crippen molar-refractivity contribution < 1.29 is 23.9 Å². The molecule has 0 bridgehead atoms. The Bertz CT molecular complexity index is 1570. The molecule has 2 atom stereocenters. The topological polar surface area (TPSA) is 122 Å². The number of nitrogens with zero attached hydrogens (tertiary/aromatic N) is 3. The van der Waals surface area contributed by atoms with Crippen molar-refractivity contribution in [3.8, 4) is 11.5 Å². The van der Waals surface area contributed by atoms with Gasteiger partial charge in [0.2, 0.25) is 11.8 Å². The predicted octanol–water partition coefficient (Wildman–Crippen LogP) is 4.91. The van der Waals surface area contributed by atoms with E-state index in [2.05, 4.69) is 10.6 Å². The van der Waals surface area contributed by atoms with Crippen molar-refractivity contribution in [3.05, 3.63) is 83.9 Å². The fourth-order valence-electron chi connectivity index (χ4n) is 4.74. The molecule has 2 aliphatic rings. The standard InChI is InChI=1S/C32H33N5O5S/c1-4-27(30(39)34-21-8-7-9-23(18-21)42-3)43-32-36-25-11-6-5-10-24(25)29-35-26(31(40)37(29)32)16-17-28(38)33-19-20-12-14-22(41-2)15-13-20/h5-15,18,26-27H,4,16-17,19H2,1-3H3,(H,33,38)(H,34,39)/t26-,27+/m0/s1. The molecule has 0 saturated heterocycles. The van der Waals surface area contributed by atoms with Crippen LogP contribution in [-0.4, -0.2) is 59.1 Å². The number of methoxy groups -OCH3 is 2. The third kappa shape index (κ3) is 6.89. The number of anilines is 1. The van der Waals surface area contributed by atoms with Gasteiger partial charge < -0.3 is 20.1 Å². The van der Waals surface area contributed by atoms with Crippen molar-refractivity contribution in [2.75, 3.05) is 19.5 Å². The molecule has 0 aromatic heterocycles. The van der Waals surface area contributed by atoms with Gasteiger partial charge >= 0.3 is 0 Å². The predicted molar refractivity (Wildman–Crippen MR) is 168 cm³/mol. The van der Waals surface area contributed by atoms with E-state index in [0.29, 0.717) is 41.1 Å². The Morgan fingerprint density at radius 2 is 1.77 bits per heavy atom. The summed E-state index contributed by atoms with van der Waals surface area (Å²) in [4.78, 5) is 50.6. The monoisotopic (exact) mass is 599 g/mol. The van der Waals surface area contributed by atoms with E-state index in [0.717, 1.165) is 16.9 Å². The number of hydrogen-bond acceptors (Lipinski definition) is 8. The molecule has 0 fully saturated rings. The zero-order valence-corrected chi connectivity index (χ0v) is 25.0. The number of carbonyl (C=O) groups is 3. The molecule has 3 aromatic rings. The highest BCUT2D eigenvalue weighted by atomic mass is 32.2. The number of thioether (sulfide) groups is 1. The molecule has 2 N–H and O–H groups in total. The lowest BCUT2D eigenvalue weighted by atomic mass is 10.1. The van der Waals surface area contributed by atoms with Crippen LogP contribution in [0.2, 0.25) is 0 Å². The summed E-state index contributed by atoms with van der Waals surface area (Å²) >= 11 is 1.22. The van der Waals surface area contributed by atoms with Gasteiger partial charge in [0.15, 0.2) is 5.17 Å². The van der Waals surface area contributed by atoms with Crippen LogP contribution < -0.4 is 20.1 Å². The molecule has 0 unspecified atom stereocenters. The quantitative estimate of drug-likeness (QED) is 0.323. The van der Waals surface area contributed by atoms with Crippen LogP contribution in [0.15, 0.2) is 82.8 Å². The molecule has 5 rings (SSSR count). The molecule has 2 heterocycles. The number of aliphatic imine (C=N–C) groups is 2. The van der Waals surface area contributed by atoms with E-state index in [1.807, 2.05) is 55.5 Å².